The Morgan fingerprint density at radius 1 is 1.04 bits per heavy atom. The number of fused-ring (bicyclic) bond motifs is 1. The topological polar surface area (TPSA) is 66.5 Å². The Morgan fingerprint density at radius 2 is 1.72 bits per heavy atom. The molecule has 1 N–H and O–H groups in total. The van der Waals surface area contributed by atoms with Crippen LogP contribution in [-0.2, 0) is 11.3 Å². The van der Waals surface area contributed by atoms with Crippen LogP contribution >= 0.6 is 11.6 Å². The summed E-state index contributed by atoms with van der Waals surface area (Å²) in [6.45, 7) is 0.232. The second-order valence-corrected chi connectivity index (χ2v) is 6.04. The average Bonchev–Trinajstić information content (AvgIpc) is 2.83. The van der Waals surface area contributed by atoms with Crippen molar-refractivity contribution in [3.8, 4) is 0 Å². The lowest BCUT2D eigenvalue weighted by Gasteiger charge is -2.13. The van der Waals surface area contributed by atoms with E-state index in [9.17, 15) is 18.8 Å². The molecule has 0 bridgehead atoms. The number of nitrogens with one attached hydrogen (secondary N) is 1. The maximum atomic E-state index is 12.8. The number of benzene rings is 2. The first-order valence-corrected chi connectivity index (χ1v) is 8.00. The van der Waals surface area contributed by atoms with Crippen molar-refractivity contribution in [2.75, 3.05) is 6.54 Å². The van der Waals surface area contributed by atoms with Gasteiger partial charge in [0.05, 0.1) is 11.1 Å². The summed E-state index contributed by atoms with van der Waals surface area (Å²) in [5, 5.41) is 3.04. The fourth-order valence-corrected chi connectivity index (χ4v) is 2.74. The first kappa shape index (κ1) is 17.1. The molecule has 128 valence electrons. The molecule has 0 radical (unpaired) electrons. The van der Waals surface area contributed by atoms with Crippen molar-refractivity contribution in [2.45, 2.75) is 13.0 Å². The minimum Gasteiger partial charge on any atom is -0.352 e. The van der Waals surface area contributed by atoms with E-state index >= 15 is 0 Å². The molecule has 2 aromatic rings. The van der Waals surface area contributed by atoms with E-state index in [0.29, 0.717) is 10.6 Å². The minimum absolute atomic E-state index is 0.0135. The van der Waals surface area contributed by atoms with E-state index in [1.54, 1.807) is 18.2 Å². The molecule has 2 aromatic carbocycles. The molecule has 7 heteroatoms. The number of imide groups is 1. The second-order valence-electron chi connectivity index (χ2n) is 5.61. The number of carbonyl (C=O) groups excluding carboxylic acids is 3. The summed E-state index contributed by atoms with van der Waals surface area (Å²) < 4.78 is 12.8. The van der Waals surface area contributed by atoms with E-state index in [1.165, 1.54) is 24.3 Å². The Hall–Kier alpha value is -2.73. The Bertz CT molecular complexity index is 852. The van der Waals surface area contributed by atoms with Gasteiger partial charge in [0.25, 0.3) is 11.8 Å². The normalized spacial score (nSPS) is 13.1. The van der Waals surface area contributed by atoms with Crippen LogP contribution in [0.25, 0.3) is 0 Å². The van der Waals surface area contributed by atoms with Crippen LogP contribution in [0.5, 0.6) is 0 Å². The van der Waals surface area contributed by atoms with E-state index in [-0.39, 0.29) is 36.8 Å². The van der Waals surface area contributed by atoms with Gasteiger partial charge in [-0.15, -0.1) is 0 Å². The molecule has 0 aliphatic carbocycles. The molecule has 0 atom stereocenters. The zero-order chi connectivity index (χ0) is 18.0. The summed E-state index contributed by atoms with van der Waals surface area (Å²) in [5.74, 6) is -1.53. The van der Waals surface area contributed by atoms with E-state index in [0.717, 1.165) is 10.5 Å². The van der Waals surface area contributed by atoms with Crippen LogP contribution in [0.3, 0.4) is 0 Å². The van der Waals surface area contributed by atoms with Crippen LogP contribution in [0.1, 0.15) is 32.7 Å². The van der Waals surface area contributed by atoms with Gasteiger partial charge in [0.15, 0.2) is 0 Å². The number of halogens is 2. The van der Waals surface area contributed by atoms with Gasteiger partial charge in [-0.25, -0.2) is 4.39 Å². The number of amides is 3. The van der Waals surface area contributed by atoms with Crippen LogP contribution in [-0.4, -0.2) is 29.2 Å². The van der Waals surface area contributed by atoms with Crippen molar-refractivity contribution < 1.29 is 18.8 Å². The fourth-order valence-electron chi connectivity index (χ4n) is 2.57. The molecule has 1 aliphatic rings. The molecule has 3 rings (SSSR count). The lowest BCUT2D eigenvalue weighted by molar-refractivity contribution is -0.121. The molecule has 25 heavy (non-hydrogen) atoms. The lowest BCUT2D eigenvalue weighted by atomic mass is 10.1. The van der Waals surface area contributed by atoms with Gasteiger partial charge in [0, 0.05) is 24.5 Å². The predicted molar refractivity (Wildman–Crippen MR) is 89.7 cm³/mol. The standard InChI is InChI=1S/C18H14ClFN2O3/c19-12-3-6-14-15(9-12)18(25)22(17(14)24)8-7-16(23)21-10-11-1-4-13(20)5-2-11/h1-6,9H,7-8,10H2,(H,21,23). The summed E-state index contributed by atoms with van der Waals surface area (Å²) >= 11 is 5.85. The largest absolute Gasteiger partial charge is 0.352 e. The van der Waals surface area contributed by atoms with E-state index in [1.807, 2.05) is 0 Å². The third kappa shape index (κ3) is 3.69. The van der Waals surface area contributed by atoms with Crippen molar-refractivity contribution in [2.24, 2.45) is 0 Å². The lowest BCUT2D eigenvalue weighted by Crippen LogP contribution is -2.34. The summed E-state index contributed by atoms with van der Waals surface area (Å²) in [6.07, 6.45) is -0.0135. The highest BCUT2D eigenvalue weighted by atomic mass is 35.5. The van der Waals surface area contributed by atoms with Gasteiger partial charge in [0.2, 0.25) is 5.91 Å². The Morgan fingerprint density at radius 3 is 2.44 bits per heavy atom. The van der Waals surface area contributed by atoms with E-state index < -0.39 is 11.8 Å². The zero-order valence-corrected chi connectivity index (χ0v) is 13.8. The highest BCUT2D eigenvalue weighted by Crippen LogP contribution is 2.25. The van der Waals surface area contributed by atoms with Gasteiger partial charge in [-0.1, -0.05) is 23.7 Å². The molecular formula is C18H14ClFN2O3. The van der Waals surface area contributed by atoms with Crippen molar-refractivity contribution in [3.05, 3.63) is 70.0 Å². The molecule has 3 amide bonds. The monoisotopic (exact) mass is 360 g/mol. The SMILES string of the molecule is O=C(CCN1C(=O)c2ccc(Cl)cc2C1=O)NCc1ccc(F)cc1. The summed E-state index contributed by atoms with van der Waals surface area (Å²) in [5.41, 5.74) is 1.30. The van der Waals surface area contributed by atoms with Crippen molar-refractivity contribution >= 4 is 29.3 Å². The van der Waals surface area contributed by atoms with Crippen LogP contribution in [0, 0.1) is 5.82 Å². The maximum absolute atomic E-state index is 12.8. The number of hydrogen-bond acceptors (Lipinski definition) is 3. The third-order valence-corrected chi connectivity index (χ3v) is 4.13. The van der Waals surface area contributed by atoms with Crippen LogP contribution in [0.2, 0.25) is 5.02 Å². The fraction of sp³-hybridized carbons (Fsp3) is 0.167. The molecule has 5 nitrogen and oxygen atoms in total. The Balaban J connectivity index is 1.55. The first-order chi connectivity index (χ1) is 12.0. The van der Waals surface area contributed by atoms with Gasteiger partial charge in [0.1, 0.15) is 5.82 Å². The van der Waals surface area contributed by atoms with Crippen molar-refractivity contribution in [3.63, 3.8) is 0 Å². The molecular weight excluding hydrogens is 347 g/mol. The zero-order valence-electron chi connectivity index (χ0n) is 13.1. The molecule has 0 unspecified atom stereocenters. The van der Waals surface area contributed by atoms with Crippen molar-refractivity contribution in [1.82, 2.24) is 10.2 Å². The highest BCUT2D eigenvalue weighted by molar-refractivity contribution is 6.32. The first-order valence-electron chi connectivity index (χ1n) is 7.62. The van der Waals surface area contributed by atoms with Crippen LogP contribution in [0.15, 0.2) is 42.5 Å². The van der Waals surface area contributed by atoms with Crippen LogP contribution in [0.4, 0.5) is 4.39 Å². The van der Waals surface area contributed by atoms with E-state index in [4.69, 9.17) is 11.6 Å². The van der Waals surface area contributed by atoms with Gasteiger partial charge in [-0.3, -0.25) is 19.3 Å². The number of carbonyl (C=O) groups is 3. The van der Waals surface area contributed by atoms with Gasteiger partial charge >= 0.3 is 0 Å². The molecule has 1 heterocycles. The summed E-state index contributed by atoms with van der Waals surface area (Å²) in [6, 6.07) is 10.3. The second kappa shape index (κ2) is 7.03. The molecule has 0 fully saturated rings. The number of nitrogens with zero attached hydrogens (tertiary/aromatic N) is 1. The molecule has 0 spiro atoms. The van der Waals surface area contributed by atoms with Gasteiger partial charge in [-0.2, -0.15) is 0 Å². The predicted octanol–water partition coefficient (Wildman–Crippen LogP) is 2.78. The van der Waals surface area contributed by atoms with Gasteiger partial charge in [-0.05, 0) is 35.9 Å². The smallest absolute Gasteiger partial charge is 0.261 e. The van der Waals surface area contributed by atoms with Gasteiger partial charge < -0.3 is 5.32 Å². The van der Waals surface area contributed by atoms with Crippen molar-refractivity contribution in [1.29, 1.82) is 0 Å². The highest BCUT2D eigenvalue weighted by Gasteiger charge is 2.35. The van der Waals surface area contributed by atoms with Crippen LogP contribution < -0.4 is 5.32 Å². The number of hydrogen-bond donors (Lipinski definition) is 1. The molecule has 1 aliphatic heterocycles. The summed E-state index contributed by atoms with van der Waals surface area (Å²) in [4.78, 5) is 37.5. The quantitative estimate of drug-likeness (QED) is 0.834. The molecule has 0 aromatic heterocycles. The molecule has 0 saturated carbocycles. The van der Waals surface area contributed by atoms with E-state index in [2.05, 4.69) is 5.32 Å². The molecule has 0 saturated heterocycles. The Labute approximate surface area is 148 Å². The summed E-state index contributed by atoms with van der Waals surface area (Å²) in [7, 11) is 0. The minimum atomic E-state index is -0.450. The third-order valence-electron chi connectivity index (χ3n) is 3.90. The maximum Gasteiger partial charge on any atom is 0.261 e. The number of rotatable bonds is 5. The average molecular weight is 361 g/mol. The Kier molecular flexibility index (Phi) is 4.81.